The van der Waals surface area contributed by atoms with Crippen LogP contribution in [0.15, 0.2) is 24.7 Å². The van der Waals surface area contributed by atoms with Gasteiger partial charge in [-0.2, -0.15) is 0 Å². The maximum atomic E-state index is 12.4. The Morgan fingerprint density at radius 3 is 3.18 bits per heavy atom. The van der Waals surface area contributed by atoms with Crippen LogP contribution in [-0.2, 0) is 0 Å². The number of piperidine rings is 1. The Kier molecular flexibility index (Phi) is 3.12. The first-order valence-corrected chi connectivity index (χ1v) is 7.69. The molecule has 4 rings (SSSR count). The average molecular weight is 294 g/mol. The summed E-state index contributed by atoms with van der Waals surface area (Å²) in [7, 11) is 0. The van der Waals surface area contributed by atoms with Crippen molar-refractivity contribution in [2.24, 2.45) is 5.92 Å². The smallest absolute Gasteiger partial charge is 0.271 e. The Hall–Kier alpha value is -2.32. The number of carbonyl (C=O) groups is 1. The van der Waals surface area contributed by atoms with Crippen molar-refractivity contribution in [2.75, 3.05) is 19.6 Å². The van der Waals surface area contributed by atoms with Crippen LogP contribution >= 0.6 is 0 Å². The van der Waals surface area contributed by atoms with Gasteiger partial charge in [0.1, 0.15) is 5.69 Å². The third kappa shape index (κ3) is 2.26. The maximum absolute atomic E-state index is 12.4. The summed E-state index contributed by atoms with van der Waals surface area (Å²) in [4.78, 5) is 19.1. The van der Waals surface area contributed by atoms with E-state index in [1.807, 2.05) is 16.7 Å². The summed E-state index contributed by atoms with van der Waals surface area (Å²) in [6.07, 6.45) is 13.0. The molecule has 2 aliphatic rings. The fraction of sp³-hybridized carbons (Fsp3) is 0.412. The average Bonchev–Trinajstić information content (AvgIpc) is 3.09. The summed E-state index contributed by atoms with van der Waals surface area (Å²) in [5.74, 6) is 3.24. The molecule has 4 heterocycles. The third-order valence-corrected chi connectivity index (χ3v) is 4.73. The van der Waals surface area contributed by atoms with Crippen LogP contribution in [0, 0.1) is 18.3 Å². The van der Waals surface area contributed by atoms with E-state index in [4.69, 9.17) is 6.42 Å². The van der Waals surface area contributed by atoms with Gasteiger partial charge in [-0.15, -0.1) is 6.42 Å². The van der Waals surface area contributed by atoms with Gasteiger partial charge in [0.15, 0.2) is 0 Å². The zero-order chi connectivity index (χ0) is 15.1. The minimum Gasteiger partial charge on any atom is -0.347 e. The van der Waals surface area contributed by atoms with Crippen LogP contribution in [0.3, 0.4) is 0 Å². The van der Waals surface area contributed by atoms with Gasteiger partial charge >= 0.3 is 0 Å². The van der Waals surface area contributed by atoms with E-state index in [9.17, 15) is 4.79 Å². The highest BCUT2D eigenvalue weighted by Crippen LogP contribution is 2.26. The van der Waals surface area contributed by atoms with E-state index in [1.165, 1.54) is 19.5 Å². The number of hydrogen-bond donors (Lipinski definition) is 1. The van der Waals surface area contributed by atoms with E-state index in [0.29, 0.717) is 5.69 Å². The number of hydrogen-bond acceptors (Lipinski definition) is 3. The van der Waals surface area contributed by atoms with Crippen molar-refractivity contribution in [2.45, 2.75) is 18.9 Å². The van der Waals surface area contributed by atoms with E-state index in [-0.39, 0.29) is 11.9 Å². The molecule has 0 spiro atoms. The van der Waals surface area contributed by atoms with E-state index in [2.05, 4.69) is 21.1 Å². The maximum Gasteiger partial charge on any atom is 0.271 e. The number of terminal acetylenes is 1. The minimum absolute atomic E-state index is 0.106. The second-order valence-corrected chi connectivity index (χ2v) is 6.26. The first-order valence-electron chi connectivity index (χ1n) is 7.69. The summed E-state index contributed by atoms with van der Waals surface area (Å²) < 4.78 is 1.85. The van der Waals surface area contributed by atoms with Crippen LogP contribution in [0.25, 0.3) is 5.52 Å². The molecule has 112 valence electrons. The number of nitrogens with one attached hydrogen (secondary N) is 1. The van der Waals surface area contributed by atoms with Crippen LogP contribution in [0.2, 0.25) is 0 Å². The molecule has 2 aliphatic heterocycles. The molecular formula is C17H18N4O. The monoisotopic (exact) mass is 294 g/mol. The largest absolute Gasteiger partial charge is 0.347 e. The normalized spacial score (nSPS) is 26.8. The second kappa shape index (κ2) is 5.15. The molecule has 5 heteroatoms. The minimum atomic E-state index is -0.106. The Bertz CT molecular complexity index is 761. The molecule has 0 saturated carbocycles. The van der Waals surface area contributed by atoms with E-state index < -0.39 is 0 Å². The van der Waals surface area contributed by atoms with Crippen LogP contribution in [0.4, 0.5) is 0 Å². The van der Waals surface area contributed by atoms with Gasteiger partial charge in [-0.05, 0) is 31.4 Å². The van der Waals surface area contributed by atoms with Gasteiger partial charge in [0.25, 0.3) is 5.91 Å². The first-order chi connectivity index (χ1) is 10.7. The highest BCUT2D eigenvalue weighted by atomic mass is 16.2. The lowest BCUT2D eigenvalue weighted by Gasteiger charge is -2.30. The molecule has 22 heavy (non-hydrogen) atoms. The summed E-state index contributed by atoms with van der Waals surface area (Å²) in [6.45, 7) is 3.31. The van der Waals surface area contributed by atoms with Crippen molar-refractivity contribution in [3.63, 3.8) is 0 Å². The number of amides is 1. The molecular weight excluding hydrogens is 276 g/mol. The molecule has 0 aromatic carbocycles. The highest BCUT2D eigenvalue weighted by Gasteiger charge is 2.33. The lowest BCUT2D eigenvalue weighted by Crippen LogP contribution is -2.47. The molecule has 3 atom stereocenters. The van der Waals surface area contributed by atoms with Crippen LogP contribution in [-0.4, -0.2) is 45.9 Å². The van der Waals surface area contributed by atoms with Crippen molar-refractivity contribution >= 4 is 11.4 Å². The molecule has 0 radical (unpaired) electrons. The summed E-state index contributed by atoms with van der Waals surface area (Å²) in [5.41, 5.74) is 2.07. The molecule has 2 bridgehead atoms. The number of carbonyl (C=O) groups excluding carboxylic acids is 1. The number of rotatable bonds is 2. The number of fused-ring (bicyclic) bond motifs is 3. The van der Waals surface area contributed by atoms with Crippen molar-refractivity contribution in [3.05, 3.63) is 35.9 Å². The Morgan fingerprint density at radius 2 is 2.36 bits per heavy atom. The van der Waals surface area contributed by atoms with Crippen molar-refractivity contribution in [3.8, 4) is 12.3 Å². The Morgan fingerprint density at radius 1 is 1.45 bits per heavy atom. The molecule has 2 unspecified atom stereocenters. The van der Waals surface area contributed by atoms with Crippen molar-refractivity contribution in [1.82, 2.24) is 19.6 Å². The lowest BCUT2D eigenvalue weighted by atomic mass is 9.97. The van der Waals surface area contributed by atoms with Crippen molar-refractivity contribution in [1.29, 1.82) is 0 Å². The molecule has 0 aliphatic carbocycles. The summed E-state index contributed by atoms with van der Waals surface area (Å²) in [5, 5.41) is 3.12. The molecule has 2 saturated heterocycles. The van der Waals surface area contributed by atoms with Gasteiger partial charge in [0, 0.05) is 31.5 Å². The molecule has 2 aromatic heterocycles. The zero-order valence-corrected chi connectivity index (χ0v) is 12.3. The standard InChI is InChI=1S/C17H18N4O/c1-2-13-4-6-21-11-15(18-8-16(13)21)17(22)19-14-7-12-3-5-20(9-12)10-14/h1,4,6,8,11-12,14H,3,5,7,9-10H2,(H,19,22)/t12?,14-/m1/s1. The summed E-state index contributed by atoms with van der Waals surface area (Å²) in [6, 6.07) is 2.09. The van der Waals surface area contributed by atoms with E-state index >= 15 is 0 Å². The van der Waals surface area contributed by atoms with Crippen LogP contribution in [0.1, 0.15) is 28.9 Å². The van der Waals surface area contributed by atoms with Crippen molar-refractivity contribution < 1.29 is 4.79 Å². The fourth-order valence-corrected chi connectivity index (χ4v) is 3.67. The van der Waals surface area contributed by atoms with Gasteiger partial charge in [-0.1, -0.05) is 5.92 Å². The molecule has 2 fully saturated rings. The molecule has 1 amide bonds. The zero-order valence-electron chi connectivity index (χ0n) is 12.3. The van der Waals surface area contributed by atoms with Gasteiger partial charge in [0.2, 0.25) is 0 Å². The number of nitrogens with zero attached hydrogens (tertiary/aromatic N) is 3. The Balaban J connectivity index is 1.52. The van der Waals surface area contributed by atoms with E-state index in [0.717, 1.165) is 30.0 Å². The van der Waals surface area contributed by atoms with E-state index in [1.54, 1.807) is 12.4 Å². The first kappa shape index (κ1) is 13.4. The topological polar surface area (TPSA) is 49.6 Å². The third-order valence-electron chi connectivity index (χ3n) is 4.73. The van der Waals surface area contributed by atoms with Gasteiger partial charge in [-0.25, -0.2) is 4.98 Å². The predicted octanol–water partition coefficient (Wildman–Crippen LogP) is 1.14. The van der Waals surface area contributed by atoms with Gasteiger partial charge in [0.05, 0.1) is 17.3 Å². The van der Waals surface area contributed by atoms with Crippen LogP contribution in [0.5, 0.6) is 0 Å². The highest BCUT2D eigenvalue weighted by molar-refractivity contribution is 5.92. The SMILES string of the molecule is C#Cc1ccn2cc(C(=O)N[C@@H]3CC4CCN(C4)C3)ncc12. The molecule has 5 nitrogen and oxygen atoms in total. The molecule has 1 N–H and O–H groups in total. The Labute approximate surface area is 129 Å². The van der Waals surface area contributed by atoms with Gasteiger partial charge in [-0.3, -0.25) is 4.79 Å². The quantitative estimate of drug-likeness (QED) is 0.845. The van der Waals surface area contributed by atoms with Crippen LogP contribution < -0.4 is 5.32 Å². The number of aromatic nitrogens is 2. The van der Waals surface area contributed by atoms with Gasteiger partial charge < -0.3 is 14.6 Å². The molecule has 2 aromatic rings. The fourth-order valence-electron chi connectivity index (χ4n) is 3.67. The summed E-state index contributed by atoms with van der Waals surface area (Å²) >= 11 is 0. The lowest BCUT2D eigenvalue weighted by molar-refractivity contribution is 0.0904. The second-order valence-electron chi connectivity index (χ2n) is 6.26. The predicted molar refractivity (Wildman–Crippen MR) is 83.5 cm³/mol.